The summed E-state index contributed by atoms with van der Waals surface area (Å²) in [5.74, 6) is 0. The second-order valence-electron chi connectivity index (χ2n) is 7.01. The average molecular weight is 330 g/mol. The van der Waals surface area contributed by atoms with Gasteiger partial charge in [-0.25, -0.2) is 0 Å². The van der Waals surface area contributed by atoms with Crippen molar-refractivity contribution in [3.63, 3.8) is 0 Å². The molecular weight excluding hydrogens is 311 g/mol. The lowest BCUT2D eigenvalue weighted by molar-refractivity contribution is 1.46. The van der Waals surface area contributed by atoms with E-state index in [2.05, 4.69) is 104 Å². The van der Waals surface area contributed by atoms with Crippen LogP contribution in [0.3, 0.4) is 0 Å². The van der Waals surface area contributed by atoms with Gasteiger partial charge in [0.1, 0.15) is 0 Å². The van der Waals surface area contributed by atoms with Crippen molar-refractivity contribution in [3.05, 3.63) is 103 Å². The molecule has 1 aliphatic heterocycles. The minimum atomic E-state index is 0.290. The van der Waals surface area contributed by atoms with Gasteiger partial charge in [-0.3, -0.25) is 0 Å². The number of hydrogen-bond donors (Lipinski definition) is 0. The monoisotopic (exact) mass is 330 g/mol. The molecule has 0 saturated heterocycles. The third kappa shape index (κ3) is 2.24. The Morgan fingerprint density at radius 2 is 0.769 bits per heavy atom. The Bertz CT molecular complexity index is 1060. The van der Waals surface area contributed by atoms with Crippen LogP contribution in [0.5, 0.6) is 0 Å². The minimum absolute atomic E-state index is 0.290. The van der Waals surface area contributed by atoms with Crippen molar-refractivity contribution in [1.29, 1.82) is 0 Å². The lowest BCUT2D eigenvalue weighted by Crippen LogP contribution is -2.49. The fourth-order valence-electron chi connectivity index (χ4n) is 4.36. The number of fused-ring (bicyclic) bond motifs is 3. The molecule has 4 aromatic rings. The molecule has 26 heavy (non-hydrogen) atoms. The lowest BCUT2D eigenvalue weighted by atomic mass is 9.38. The summed E-state index contributed by atoms with van der Waals surface area (Å²) in [5.41, 5.74) is 10.9. The molecule has 0 spiro atoms. The van der Waals surface area contributed by atoms with Gasteiger partial charge in [0.15, 0.2) is 0 Å². The molecule has 0 unspecified atom stereocenters. The van der Waals surface area contributed by atoms with Gasteiger partial charge in [0.25, 0.3) is 0 Å². The molecule has 0 atom stereocenters. The molecule has 0 nitrogen and oxygen atoms in total. The molecule has 1 heteroatoms. The van der Waals surface area contributed by atoms with Crippen LogP contribution in [0.15, 0.2) is 97.1 Å². The smallest absolute Gasteiger partial charge is 0.0664 e. The summed E-state index contributed by atoms with van der Waals surface area (Å²) >= 11 is 0. The van der Waals surface area contributed by atoms with Crippen molar-refractivity contribution in [2.75, 3.05) is 0 Å². The first-order valence-electron chi connectivity index (χ1n) is 9.18. The Morgan fingerprint density at radius 3 is 1.23 bits per heavy atom. The quantitative estimate of drug-likeness (QED) is 0.427. The highest BCUT2D eigenvalue weighted by Gasteiger charge is 2.34. The highest BCUT2D eigenvalue weighted by Crippen LogP contribution is 2.26. The molecule has 0 saturated carbocycles. The normalized spacial score (nSPS) is 12.0. The fraction of sp³-hybridized carbons (Fsp3) is 0.0400. The zero-order valence-corrected chi connectivity index (χ0v) is 14.8. The van der Waals surface area contributed by atoms with Gasteiger partial charge in [-0.2, -0.15) is 0 Å². The summed E-state index contributed by atoms with van der Waals surface area (Å²) in [5, 5.41) is 0. The number of aryl methyl sites for hydroxylation is 1. The van der Waals surface area contributed by atoms with Gasteiger partial charge in [0.2, 0.25) is 6.71 Å². The van der Waals surface area contributed by atoms with Crippen molar-refractivity contribution in [2.24, 2.45) is 0 Å². The molecule has 0 N–H and O–H groups in total. The van der Waals surface area contributed by atoms with Crippen LogP contribution in [0.1, 0.15) is 5.56 Å². The third-order valence-corrected chi connectivity index (χ3v) is 5.54. The molecule has 4 aromatic carbocycles. The molecule has 0 aliphatic carbocycles. The van der Waals surface area contributed by atoms with Crippen molar-refractivity contribution in [1.82, 2.24) is 0 Å². The molecule has 0 bridgehead atoms. The van der Waals surface area contributed by atoms with E-state index in [0.717, 1.165) is 0 Å². The number of hydrogen-bond acceptors (Lipinski definition) is 0. The van der Waals surface area contributed by atoms with Gasteiger partial charge < -0.3 is 0 Å². The van der Waals surface area contributed by atoms with Crippen LogP contribution in [0.4, 0.5) is 0 Å². The molecule has 0 radical (unpaired) electrons. The van der Waals surface area contributed by atoms with Crippen LogP contribution < -0.4 is 16.4 Å². The maximum Gasteiger partial charge on any atom is 0.243 e. The third-order valence-electron chi connectivity index (χ3n) is 5.54. The second kappa shape index (κ2) is 6.03. The van der Waals surface area contributed by atoms with Crippen molar-refractivity contribution in [3.8, 4) is 22.3 Å². The van der Waals surface area contributed by atoms with Gasteiger partial charge in [-0.1, -0.05) is 113 Å². The van der Waals surface area contributed by atoms with Gasteiger partial charge in [-0.15, -0.1) is 0 Å². The van der Waals surface area contributed by atoms with Gasteiger partial charge in [-0.05, 0) is 34.7 Å². The molecule has 122 valence electrons. The van der Waals surface area contributed by atoms with Gasteiger partial charge in [0.05, 0.1) is 0 Å². The van der Waals surface area contributed by atoms with E-state index in [1.54, 1.807) is 0 Å². The van der Waals surface area contributed by atoms with E-state index >= 15 is 0 Å². The van der Waals surface area contributed by atoms with Crippen molar-refractivity contribution < 1.29 is 0 Å². The van der Waals surface area contributed by atoms with Crippen LogP contribution in [0.25, 0.3) is 22.3 Å². The van der Waals surface area contributed by atoms with Gasteiger partial charge >= 0.3 is 0 Å². The van der Waals surface area contributed by atoms with E-state index < -0.39 is 0 Å². The first-order chi connectivity index (χ1) is 12.8. The maximum absolute atomic E-state index is 2.30. The van der Waals surface area contributed by atoms with Crippen LogP contribution >= 0.6 is 0 Å². The van der Waals surface area contributed by atoms with E-state index in [-0.39, 0.29) is 0 Å². The average Bonchev–Trinajstić information content (AvgIpc) is 3.03. The zero-order chi connectivity index (χ0) is 17.5. The van der Waals surface area contributed by atoms with E-state index in [1.807, 2.05) is 0 Å². The highest BCUT2D eigenvalue weighted by molar-refractivity contribution is 6.99. The second-order valence-corrected chi connectivity index (χ2v) is 7.01. The Morgan fingerprint density at radius 1 is 0.423 bits per heavy atom. The Hall–Kier alpha value is -3.06. The lowest BCUT2D eigenvalue weighted by Gasteiger charge is -2.17. The predicted octanol–water partition coefficient (Wildman–Crippen LogP) is 4.16. The molecular formula is C25H19B. The van der Waals surface area contributed by atoms with Gasteiger partial charge in [0, 0.05) is 0 Å². The fourth-order valence-corrected chi connectivity index (χ4v) is 4.36. The largest absolute Gasteiger partial charge is 0.243 e. The number of rotatable bonds is 2. The van der Waals surface area contributed by atoms with E-state index in [9.17, 15) is 0 Å². The van der Waals surface area contributed by atoms with Crippen LogP contribution in [0.2, 0.25) is 0 Å². The number of benzene rings is 4. The summed E-state index contributed by atoms with van der Waals surface area (Å²) < 4.78 is 0. The van der Waals surface area contributed by atoms with E-state index in [0.29, 0.717) is 6.71 Å². The first kappa shape index (κ1) is 15.2. The molecule has 5 rings (SSSR count). The first-order valence-corrected chi connectivity index (χ1v) is 9.18. The zero-order valence-electron chi connectivity index (χ0n) is 14.8. The summed E-state index contributed by atoms with van der Waals surface area (Å²) in [6, 6.07) is 35.3. The van der Waals surface area contributed by atoms with E-state index in [1.165, 1.54) is 44.2 Å². The van der Waals surface area contributed by atoms with Crippen molar-refractivity contribution in [2.45, 2.75) is 6.92 Å². The molecule has 0 aromatic heterocycles. The highest BCUT2D eigenvalue weighted by atomic mass is 14.2. The summed E-state index contributed by atoms with van der Waals surface area (Å²) in [4.78, 5) is 0. The summed E-state index contributed by atoms with van der Waals surface area (Å²) in [6.07, 6.45) is 0. The SMILES string of the molecule is Cc1ccccc1-c1ccccc1B1c2ccccc2-c2ccccc21. The van der Waals surface area contributed by atoms with Crippen LogP contribution in [-0.4, -0.2) is 6.71 Å². The van der Waals surface area contributed by atoms with E-state index in [4.69, 9.17) is 0 Å². The van der Waals surface area contributed by atoms with Crippen molar-refractivity contribution >= 4 is 23.1 Å². The Balaban J connectivity index is 1.79. The predicted molar refractivity (Wildman–Crippen MR) is 113 cm³/mol. The maximum atomic E-state index is 2.30. The summed E-state index contributed by atoms with van der Waals surface area (Å²) in [6.45, 7) is 2.49. The minimum Gasteiger partial charge on any atom is -0.0664 e. The van der Waals surface area contributed by atoms with Crippen LogP contribution in [0, 0.1) is 6.92 Å². The topological polar surface area (TPSA) is 0 Å². The molecule has 0 fully saturated rings. The summed E-state index contributed by atoms with van der Waals surface area (Å²) in [7, 11) is 0. The van der Waals surface area contributed by atoms with Crippen LogP contribution in [-0.2, 0) is 0 Å². The molecule has 1 heterocycles. The standard InChI is InChI=1S/C25H19B/c1-18-10-2-3-11-19(18)20-12-4-7-15-23(20)26-24-16-8-5-13-21(24)22-14-6-9-17-25(22)26/h2-17H,1H3. The Kier molecular flexibility index (Phi) is 3.53. The Labute approximate surface area is 155 Å². The molecule has 1 aliphatic rings. The molecule has 0 amide bonds.